The van der Waals surface area contributed by atoms with Crippen molar-refractivity contribution in [1.29, 1.82) is 0 Å². The quantitative estimate of drug-likeness (QED) is 0.736. The number of likely N-dealkylation sites (N-methyl/N-ethyl adjacent to an activating group) is 1. The molecule has 2 aliphatic heterocycles. The first-order valence-corrected chi connectivity index (χ1v) is 10.3. The SMILES string of the molecule is CCN1CCc2[nH]cnc2C12CCN(Cc1cc3ccccc3[nH]c1=O)CC2. The Kier molecular flexibility index (Phi) is 4.33. The number of pyridine rings is 1. The molecule has 0 radical (unpaired) electrons. The van der Waals surface area contributed by atoms with Gasteiger partial charge >= 0.3 is 0 Å². The van der Waals surface area contributed by atoms with Crippen molar-refractivity contribution in [3.8, 4) is 0 Å². The summed E-state index contributed by atoms with van der Waals surface area (Å²) in [5.74, 6) is 0. The van der Waals surface area contributed by atoms with Crippen LogP contribution in [0.5, 0.6) is 0 Å². The molecule has 1 spiro atoms. The fourth-order valence-corrected chi connectivity index (χ4v) is 5.17. The second-order valence-corrected chi connectivity index (χ2v) is 8.08. The van der Waals surface area contributed by atoms with Crippen LogP contribution >= 0.6 is 0 Å². The van der Waals surface area contributed by atoms with Crippen molar-refractivity contribution in [2.75, 3.05) is 26.2 Å². The second-order valence-electron chi connectivity index (χ2n) is 8.08. The number of fused-ring (bicyclic) bond motifs is 3. The fraction of sp³-hybridized carbons (Fsp3) is 0.455. The highest BCUT2D eigenvalue weighted by Gasteiger charge is 2.45. The van der Waals surface area contributed by atoms with Crippen molar-refractivity contribution in [3.63, 3.8) is 0 Å². The molecule has 0 bridgehead atoms. The van der Waals surface area contributed by atoms with Crippen molar-refractivity contribution in [3.05, 3.63) is 64.0 Å². The Bertz CT molecular complexity index is 1040. The molecule has 0 aliphatic carbocycles. The van der Waals surface area contributed by atoms with Gasteiger partial charge in [-0.2, -0.15) is 0 Å². The zero-order chi connectivity index (χ0) is 19.1. The van der Waals surface area contributed by atoms with Gasteiger partial charge in [0.05, 0.1) is 17.6 Å². The molecule has 28 heavy (non-hydrogen) atoms. The highest BCUT2D eigenvalue weighted by molar-refractivity contribution is 5.78. The number of rotatable bonds is 3. The molecule has 2 N–H and O–H groups in total. The molecular weight excluding hydrogens is 350 g/mol. The molecule has 1 aromatic carbocycles. The van der Waals surface area contributed by atoms with Crippen molar-refractivity contribution in [2.24, 2.45) is 0 Å². The smallest absolute Gasteiger partial charge is 0.252 e. The molecule has 3 aromatic rings. The number of para-hydroxylation sites is 1. The highest BCUT2D eigenvalue weighted by Crippen LogP contribution is 2.42. The van der Waals surface area contributed by atoms with Gasteiger partial charge in [-0.1, -0.05) is 25.1 Å². The molecule has 6 heteroatoms. The maximum absolute atomic E-state index is 12.5. The molecule has 5 rings (SSSR count). The summed E-state index contributed by atoms with van der Waals surface area (Å²) in [6.07, 6.45) is 5.03. The van der Waals surface area contributed by atoms with E-state index in [2.05, 4.69) is 32.8 Å². The summed E-state index contributed by atoms with van der Waals surface area (Å²) < 4.78 is 0. The van der Waals surface area contributed by atoms with E-state index in [0.29, 0.717) is 6.54 Å². The number of H-pyrrole nitrogens is 2. The second kappa shape index (κ2) is 6.87. The van der Waals surface area contributed by atoms with E-state index in [1.807, 2.05) is 30.6 Å². The predicted molar refractivity (Wildman–Crippen MR) is 110 cm³/mol. The predicted octanol–water partition coefficient (Wildman–Crippen LogP) is 2.62. The van der Waals surface area contributed by atoms with Gasteiger partial charge in [-0.25, -0.2) is 4.98 Å². The van der Waals surface area contributed by atoms with E-state index in [-0.39, 0.29) is 11.1 Å². The lowest BCUT2D eigenvalue weighted by Crippen LogP contribution is -2.56. The first kappa shape index (κ1) is 17.6. The number of nitrogens with zero attached hydrogens (tertiary/aromatic N) is 3. The largest absolute Gasteiger partial charge is 0.348 e. The number of likely N-dealkylation sites (tertiary alicyclic amines) is 1. The van der Waals surface area contributed by atoms with Crippen LogP contribution in [0.15, 0.2) is 41.5 Å². The van der Waals surface area contributed by atoms with E-state index in [4.69, 9.17) is 4.98 Å². The monoisotopic (exact) mass is 377 g/mol. The van der Waals surface area contributed by atoms with Crippen LogP contribution in [0, 0.1) is 0 Å². The van der Waals surface area contributed by atoms with Crippen molar-refractivity contribution >= 4 is 10.9 Å². The molecule has 0 amide bonds. The van der Waals surface area contributed by atoms with Gasteiger partial charge in [-0.15, -0.1) is 0 Å². The summed E-state index contributed by atoms with van der Waals surface area (Å²) in [4.78, 5) is 28.6. The Morgan fingerprint density at radius 2 is 2.00 bits per heavy atom. The van der Waals surface area contributed by atoms with E-state index in [1.54, 1.807) is 0 Å². The summed E-state index contributed by atoms with van der Waals surface area (Å²) in [6, 6.07) is 10.0. The number of aromatic amines is 2. The number of hydrogen-bond acceptors (Lipinski definition) is 4. The Balaban J connectivity index is 1.37. The molecule has 1 saturated heterocycles. The summed E-state index contributed by atoms with van der Waals surface area (Å²) in [5.41, 5.74) is 4.40. The van der Waals surface area contributed by atoms with Crippen LogP contribution in [0.3, 0.4) is 0 Å². The van der Waals surface area contributed by atoms with Crippen LogP contribution in [0.1, 0.15) is 36.7 Å². The van der Waals surface area contributed by atoms with Crippen LogP contribution in [0.4, 0.5) is 0 Å². The minimum Gasteiger partial charge on any atom is -0.348 e. The molecule has 2 aromatic heterocycles. The van der Waals surface area contributed by atoms with Crippen molar-refractivity contribution in [2.45, 2.75) is 38.3 Å². The number of piperidine rings is 1. The van der Waals surface area contributed by atoms with Crippen LogP contribution < -0.4 is 5.56 Å². The highest BCUT2D eigenvalue weighted by atomic mass is 16.1. The molecule has 0 unspecified atom stereocenters. The van der Waals surface area contributed by atoms with Crippen LogP contribution in [-0.2, 0) is 18.5 Å². The lowest BCUT2D eigenvalue weighted by Gasteiger charge is -2.50. The number of imidazole rings is 1. The topological polar surface area (TPSA) is 68.0 Å². The fourth-order valence-electron chi connectivity index (χ4n) is 5.17. The molecule has 4 heterocycles. The minimum atomic E-state index is 0.0291. The summed E-state index contributed by atoms with van der Waals surface area (Å²) in [6.45, 7) is 7.06. The van der Waals surface area contributed by atoms with Gasteiger partial charge in [-0.3, -0.25) is 14.6 Å². The van der Waals surface area contributed by atoms with E-state index < -0.39 is 0 Å². The van der Waals surface area contributed by atoms with Gasteiger partial charge in [0.15, 0.2) is 0 Å². The maximum atomic E-state index is 12.5. The minimum absolute atomic E-state index is 0.0291. The van der Waals surface area contributed by atoms with Gasteiger partial charge in [0.1, 0.15) is 0 Å². The van der Waals surface area contributed by atoms with Gasteiger partial charge in [0, 0.05) is 49.4 Å². The average molecular weight is 377 g/mol. The van der Waals surface area contributed by atoms with E-state index in [1.165, 1.54) is 11.4 Å². The van der Waals surface area contributed by atoms with Gasteiger partial charge in [-0.05, 0) is 36.9 Å². The molecular formula is C22H27N5O. The maximum Gasteiger partial charge on any atom is 0.252 e. The molecule has 6 nitrogen and oxygen atoms in total. The first-order chi connectivity index (χ1) is 13.7. The van der Waals surface area contributed by atoms with E-state index in [9.17, 15) is 4.79 Å². The number of hydrogen-bond donors (Lipinski definition) is 2. The Labute approximate surface area is 164 Å². The number of aromatic nitrogens is 3. The summed E-state index contributed by atoms with van der Waals surface area (Å²) in [7, 11) is 0. The van der Waals surface area contributed by atoms with Crippen LogP contribution in [0.2, 0.25) is 0 Å². The average Bonchev–Trinajstić information content (AvgIpc) is 3.20. The number of nitrogens with one attached hydrogen (secondary N) is 2. The Hall–Kier alpha value is -2.44. The molecule has 1 fully saturated rings. The zero-order valence-electron chi connectivity index (χ0n) is 16.4. The Morgan fingerprint density at radius 1 is 1.18 bits per heavy atom. The first-order valence-electron chi connectivity index (χ1n) is 10.3. The lowest BCUT2D eigenvalue weighted by atomic mass is 9.78. The normalized spacial score (nSPS) is 19.9. The van der Waals surface area contributed by atoms with E-state index >= 15 is 0 Å². The molecule has 0 atom stereocenters. The van der Waals surface area contributed by atoms with Gasteiger partial charge in [0.25, 0.3) is 5.56 Å². The number of benzene rings is 1. The third-order valence-electron chi connectivity index (χ3n) is 6.69. The summed E-state index contributed by atoms with van der Waals surface area (Å²) in [5, 5.41) is 1.09. The molecule has 0 saturated carbocycles. The molecule has 146 valence electrons. The lowest BCUT2D eigenvalue weighted by molar-refractivity contribution is 0.00701. The Morgan fingerprint density at radius 3 is 2.82 bits per heavy atom. The standard InChI is InChI=1S/C22H27N5O/c1-2-27-10-7-19-20(24-15-23-19)22(27)8-11-26(12-9-22)14-17-13-16-5-3-4-6-18(16)25-21(17)28/h3-6,13,15H,2,7-12,14H2,1H3,(H,23,24)(H,25,28). The van der Waals surface area contributed by atoms with E-state index in [0.717, 1.165) is 61.9 Å². The molecule has 2 aliphatic rings. The third-order valence-corrected chi connectivity index (χ3v) is 6.69. The van der Waals surface area contributed by atoms with Gasteiger partial charge in [0.2, 0.25) is 0 Å². The third kappa shape index (κ3) is 2.79. The summed E-state index contributed by atoms with van der Waals surface area (Å²) >= 11 is 0. The van der Waals surface area contributed by atoms with Crippen molar-refractivity contribution in [1.82, 2.24) is 24.8 Å². The van der Waals surface area contributed by atoms with Crippen LogP contribution in [0.25, 0.3) is 10.9 Å². The van der Waals surface area contributed by atoms with Gasteiger partial charge < -0.3 is 9.97 Å². The van der Waals surface area contributed by atoms with Crippen LogP contribution in [-0.4, -0.2) is 50.9 Å². The van der Waals surface area contributed by atoms with Crippen molar-refractivity contribution < 1.29 is 0 Å². The zero-order valence-corrected chi connectivity index (χ0v) is 16.4.